The van der Waals surface area contributed by atoms with Crippen molar-refractivity contribution in [3.8, 4) is 0 Å². The molecule has 0 atom stereocenters. The van der Waals surface area contributed by atoms with Gasteiger partial charge >= 0.3 is 0 Å². The van der Waals surface area contributed by atoms with Gasteiger partial charge in [-0.05, 0) is 52.3 Å². The summed E-state index contributed by atoms with van der Waals surface area (Å²) in [6.07, 6.45) is 1.53. The molecule has 0 unspecified atom stereocenters. The molecule has 3 aromatic rings. The van der Waals surface area contributed by atoms with Crippen LogP contribution in [-0.4, -0.2) is 27.8 Å². The second-order valence-corrected chi connectivity index (χ2v) is 6.91. The van der Waals surface area contributed by atoms with E-state index in [9.17, 15) is 14.0 Å². The first-order chi connectivity index (χ1) is 14.4. The zero-order chi connectivity index (χ0) is 21.7. The van der Waals surface area contributed by atoms with Gasteiger partial charge in [-0.15, -0.1) is 0 Å². The largest absolute Gasteiger partial charge is 0.409 e. The maximum Gasteiger partial charge on any atom is 0.258 e. The molecule has 5 N–H and O–H groups in total. The Kier molecular flexibility index (Phi) is 6.38. The predicted octanol–water partition coefficient (Wildman–Crippen LogP) is 3.58. The van der Waals surface area contributed by atoms with Crippen LogP contribution < -0.4 is 16.4 Å². The molecule has 0 aliphatic heterocycles. The number of pyridine rings is 1. The molecule has 2 aromatic carbocycles. The summed E-state index contributed by atoms with van der Waals surface area (Å²) in [5, 5.41) is 16.6. The number of halogens is 2. The van der Waals surface area contributed by atoms with Crippen LogP contribution in [0, 0.1) is 5.82 Å². The van der Waals surface area contributed by atoms with Crippen molar-refractivity contribution < 1.29 is 19.2 Å². The number of nitrogens with zero attached hydrogens (tertiary/aromatic N) is 2. The van der Waals surface area contributed by atoms with E-state index in [-0.39, 0.29) is 28.2 Å². The van der Waals surface area contributed by atoms with Gasteiger partial charge in [-0.2, -0.15) is 0 Å². The van der Waals surface area contributed by atoms with Crippen LogP contribution in [-0.2, 0) is 0 Å². The first-order valence-corrected chi connectivity index (χ1v) is 9.29. The lowest BCUT2D eigenvalue weighted by Gasteiger charge is -2.12. The molecule has 152 valence electrons. The van der Waals surface area contributed by atoms with Crippen LogP contribution in [0.1, 0.15) is 26.3 Å². The number of amides is 2. The standard InChI is InChI=1S/C20H15BrFN5O3/c21-12-6-8-17(24-10-12)26-20(29)14-3-1-2-4-16(14)25-19(28)13-7-5-11(9-15(13)22)18(23)27-30/h1-10,30H,(H2,23,27)(H,25,28)(H,24,26,29). The fraction of sp³-hybridized carbons (Fsp3) is 0. The molecule has 1 aromatic heterocycles. The lowest BCUT2D eigenvalue weighted by atomic mass is 10.1. The SMILES string of the molecule is NC(=NO)c1ccc(C(=O)Nc2ccccc2C(=O)Nc2ccc(Br)cn2)c(F)c1. The summed E-state index contributed by atoms with van der Waals surface area (Å²) in [6, 6.07) is 13.1. The van der Waals surface area contributed by atoms with Crippen LogP contribution >= 0.6 is 15.9 Å². The highest BCUT2D eigenvalue weighted by atomic mass is 79.9. The molecule has 3 rings (SSSR count). The monoisotopic (exact) mass is 471 g/mol. The van der Waals surface area contributed by atoms with Crippen molar-refractivity contribution in [3.63, 3.8) is 0 Å². The topological polar surface area (TPSA) is 130 Å². The predicted molar refractivity (Wildman–Crippen MR) is 113 cm³/mol. The number of oxime groups is 1. The fourth-order valence-corrected chi connectivity index (χ4v) is 2.76. The van der Waals surface area contributed by atoms with E-state index in [1.165, 1.54) is 30.5 Å². The molecule has 30 heavy (non-hydrogen) atoms. The highest BCUT2D eigenvalue weighted by Gasteiger charge is 2.17. The zero-order valence-electron chi connectivity index (χ0n) is 15.3. The normalized spacial score (nSPS) is 11.1. The average Bonchev–Trinajstić information content (AvgIpc) is 2.74. The summed E-state index contributed by atoms with van der Waals surface area (Å²) in [7, 11) is 0. The van der Waals surface area contributed by atoms with E-state index >= 15 is 0 Å². The Morgan fingerprint density at radius 2 is 1.77 bits per heavy atom. The third kappa shape index (κ3) is 4.78. The number of hydrogen-bond acceptors (Lipinski definition) is 5. The van der Waals surface area contributed by atoms with Gasteiger partial charge in [0.05, 0.1) is 16.8 Å². The van der Waals surface area contributed by atoms with Crippen LogP contribution in [0.5, 0.6) is 0 Å². The molecular weight excluding hydrogens is 457 g/mol. The van der Waals surface area contributed by atoms with E-state index in [1.54, 1.807) is 24.3 Å². The minimum absolute atomic E-state index is 0.119. The zero-order valence-corrected chi connectivity index (χ0v) is 16.9. The third-order valence-corrected chi connectivity index (χ3v) is 4.48. The van der Waals surface area contributed by atoms with Crippen molar-refractivity contribution in [2.45, 2.75) is 0 Å². The molecule has 2 amide bonds. The molecule has 8 nitrogen and oxygen atoms in total. The number of rotatable bonds is 5. The summed E-state index contributed by atoms with van der Waals surface area (Å²) in [6.45, 7) is 0. The van der Waals surface area contributed by atoms with E-state index in [0.717, 1.165) is 10.5 Å². The number of carbonyl (C=O) groups excluding carboxylic acids is 2. The number of nitrogens with one attached hydrogen (secondary N) is 2. The summed E-state index contributed by atoms with van der Waals surface area (Å²) in [5.74, 6) is -2.08. The van der Waals surface area contributed by atoms with Crippen molar-refractivity contribution in [2.75, 3.05) is 10.6 Å². The molecule has 0 saturated carbocycles. The van der Waals surface area contributed by atoms with E-state index < -0.39 is 17.6 Å². The Bertz CT molecular complexity index is 1140. The minimum Gasteiger partial charge on any atom is -0.409 e. The van der Waals surface area contributed by atoms with Gasteiger partial charge in [0.1, 0.15) is 11.6 Å². The molecule has 1 heterocycles. The summed E-state index contributed by atoms with van der Waals surface area (Å²) in [4.78, 5) is 29.2. The number of nitrogens with two attached hydrogens (primary N) is 1. The summed E-state index contributed by atoms with van der Waals surface area (Å²) >= 11 is 3.26. The molecule has 0 fully saturated rings. The Balaban J connectivity index is 1.81. The smallest absolute Gasteiger partial charge is 0.258 e. The number of anilines is 2. The molecule has 0 bridgehead atoms. The number of hydrogen-bond donors (Lipinski definition) is 4. The Morgan fingerprint density at radius 1 is 1.03 bits per heavy atom. The Morgan fingerprint density at radius 3 is 2.43 bits per heavy atom. The molecular formula is C20H15BrFN5O3. The molecule has 0 saturated heterocycles. The number of amidine groups is 1. The van der Waals surface area contributed by atoms with E-state index in [1.807, 2.05) is 0 Å². The molecule has 0 aliphatic carbocycles. The second-order valence-electron chi connectivity index (χ2n) is 6.00. The van der Waals surface area contributed by atoms with E-state index in [4.69, 9.17) is 10.9 Å². The molecule has 10 heteroatoms. The number of para-hydroxylation sites is 1. The van der Waals surface area contributed by atoms with E-state index in [0.29, 0.717) is 5.82 Å². The van der Waals surface area contributed by atoms with Crippen molar-refractivity contribution in [1.29, 1.82) is 0 Å². The Hall–Kier alpha value is -3.79. The lowest BCUT2D eigenvalue weighted by Crippen LogP contribution is -2.20. The third-order valence-electron chi connectivity index (χ3n) is 4.01. The first-order valence-electron chi connectivity index (χ1n) is 8.50. The highest BCUT2D eigenvalue weighted by molar-refractivity contribution is 9.10. The van der Waals surface area contributed by atoms with Crippen LogP contribution in [0.4, 0.5) is 15.9 Å². The van der Waals surface area contributed by atoms with Gasteiger partial charge in [-0.25, -0.2) is 9.37 Å². The van der Waals surface area contributed by atoms with Crippen LogP contribution in [0.15, 0.2) is 70.4 Å². The van der Waals surface area contributed by atoms with Crippen LogP contribution in [0.2, 0.25) is 0 Å². The first kappa shape index (κ1) is 20.9. The average molecular weight is 472 g/mol. The van der Waals surface area contributed by atoms with Crippen LogP contribution in [0.25, 0.3) is 0 Å². The molecule has 0 spiro atoms. The van der Waals surface area contributed by atoms with Gasteiger partial charge in [0.2, 0.25) is 0 Å². The van der Waals surface area contributed by atoms with Gasteiger partial charge in [0.25, 0.3) is 11.8 Å². The van der Waals surface area contributed by atoms with Crippen molar-refractivity contribution in [2.24, 2.45) is 10.9 Å². The number of aromatic nitrogens is 1. The van der Waals surface area contributed by atoms with Crippen LogP contribution in [0.3, 0.4) is 0 Å². The van der Waals surface area contributed by atoms with Gasteiger partial charge in [0, 0.05) is 16.2 Å². The maximum absolute atomic E-state index is 14.3. The number of carbonyl (C=O) groups is 2. The minimum atomic E-state index is -0.863. The highest BCUT2D eigenvalue weighted by Crippen LogP contribution is 2.20. The van der Waals surface area contributed by atoms with Crippen molar-refractivity contribution in [3.05, 3.63) is 87.8 Å². The number of benzene rings is 2. The van der Waals surface area contributed by atoms with Crippen molar-refractivity contribution in [1.82, 2.24) is 4.98 Å². The summed E-state index contributed by atoms with van der Waals surface area (Å²) in [5.41, 5.74) is 5.63. The fourth-order valence-electron chi connectivity index (χ4n) is 2.53. The lowest BCUT2D eigenvalue weighted by molar-refractivity contribution is 0.102. The van der Waals surface area contributed by atoms with Gasteiger partial charge < -0.3 is 21.6 Å². The molecule has 0 aliphatic rings. The van der Waals surface area contributed by atoms with Gasteiger partial charge in [-0.1, -0.05) is 23.4 Å². The maximum atomic E-state index is 14.3. The Labute approximate surface area is 178 Å². The summed E-state index contributed by atoms with van der Waals surface area (Å²) < 4.78 is 15.1. The van der Waals surface area contributed by atoms with Gasteiger partial charge in [-0.3, -0.25) is 9.59 Å². The van der Waals surface area contributed by atoms with Gasteiger partial charge in [0.15, 0.2) is 5.84 Å². The van der Waals surface area contributed by atoms with E-state index in [2.05, 4.69) is 36.7 Å². The van der Waals surface area contributed by atoms with Crippen molar-refractivity contribution >= 4 is 45.1 Å². The quantitative estimate of drug-likeness (QED) is 0.195. The molecule has 0 radical (unpaired) electrons. The second kappa shape index (κ2) is 9.14.